The Morgan fingerprint density at radius 2 is 2.00 bits per heavy atom. The van der Waals surface area contributed by atoms with Crippen molar-refractivity contribution in [3.63, 3.8) is 0 Å². The average molecular weight is 309 g/mol. The van der Waals surface area contributed by atoms with Gasteiger partial charge in [0.25, 0.3) is 5.91 Å². The number of aromatic amines is 1. The Labute approximate surface area is 111 Å². The Bertz CT molecular complexity index is 660. The molecule has 0 aliphatic rings. The lowest BCUT2D eigenvalue weighted by Crippen LogP contribution is -2.26. The molecule has 19 heavy (non-hydrogen) atoms. The highest BCUT2D eigenvalue weighted by molar-refractivity contribution is 7.90. The summed E-state index contributed by atoms with van der Waals surface area (Å²) in [4.78, 5) is 13.9. The van der Waals surface area contributed by atoms with Gasteiger partial charge in [0.2, 0.25) is 10.0 Å². The van der Waals surface area contributed by atoms with Crippen LogP contribution in [0.2, 0.25) is 0 Å². The van der Waals surface area contributed by atoms with Gasteiger partial charge >= 0.3 is 0 Å². The summed E-state index contributed by atoms with van der Waals surface area (Å²) in [6.07, 6.45) is 2.51. The quantitative estimate of drug-likeness (QED) is 0.568. The number of rotatable bonds is 6. The third kappa shape index (κ3) is 5.41. The molecular formula is C9H15N3O5S2. The first-order valence-electron chi connectivity index (χ1n) is 5.27. The van der Waals surface area contributed by atoms with E-state index >= 15 is 0 Å². The highest BCUT2D eigenvalue weighted by Gasteiger charge is 2.14. The van der Waals surface area contributed by atoms with Crippen LogP contribution < -0.4 is 10.5 Å². The summed E-state index contributed by atoms with van der Waals surface area (Å²) in [5.41, 5.74) is 0.0448. The molecule has 0 radical (unpaired) electrons. The van der Waals surface area contributed by atoms with E-state index < -0.39 is 25.8 Å². The monoisotopic (exact) mass is 309 g/mol. The van der Waals surface area contributed by atoms with Crippen molar-refractivity contribution in [2.24, 2.45) is 5.14 Å². The van der Waals surface area contributed by atoms with Gasteiger partial charge in [-0.25, -0.2) is 22.0 Å². The Balaban J connectivity index is 2.53. The number of hydrogen-bond acceptors (Lipinski definition) is 5. The number of sulfonamides is 1. The molecule has 8 nitrogen and oxygen atoms in total. The maximum Gasteiger partial charge on any atom is 0.267 e. The van der Waals surface area contributed by atoms with Gasteiger partial charge in [0.1, 0.15) is 15.5 Å². The predicted molar refractivity (Wildman–Crippen MR) is 68.8 cm³/mol. The Hall–Kier alpha value is -1.39. The Morgan fingerprint density at radius 3 is 2.47 bits per heavy atom. The molecule has 0 aromatic carbocycles. The van der Waals surface area contributed by atoms with E-state index in [1.807, 2.05) is 0 Å². The van der Waals surface area contributed by atoms with E-state index in [0.29, 0.717) is 0 Å². The summed E-state index contributed by atoms with van der Waals surface area (Å²) >= 11 is 0. The summed E-state index contributed by atoms with van der Waals surface area (Å²) < 4.78 is 43.7. The van der Waals surface area contributed by atoms with Crippen LogP contribution >= 0.6 is 0 Å². The standard InChI is InChI=1S/C9H15N3O5S2/c1-18(14,15)4-2-3-11-9(13)8-5-7(6-12-8)19(10,16)17/h5-6,12H,2-4H2,1H3,(H,11,13)(H2,10,16,17). The Kier molecular flexibility index (Phi) is 4.71. The zero-order valence-corrected chi connectivity index (χ0v) is 11.8. The number of nitrogens with one attached hydrogen (secondary N) is 2. The first kappa shape index (κ1) is 15.7. The third-order valence-electron chi connectivity index (χ3n) is 2.21. The molecule has 108 valence electrons. The summed E-state index contributed by atoms with van der Waals surface area (Å²) in [5.74, 6) is -0.552. The zero-order valence-electron chi connectivity index (χ0n) is 10.2. The molecule has 4 N–H and O–H groups in total. The molecule has 0 aliphatic heterocycles. The number of carbonyl (C=O) groups excluding carboxylic acids is 1. The van der Waals surface area contributed by atoms with E-state index in [0.717, 1.165) is 18.5 Å². The summed E-state index contributed by atoms with van der Waals surface area (Å²) in [6, 6.07) is 1.11. The number of sulfone groups is 1. The lowest BCUT2D eigenvalue weighted by molar-refractivity contribution is 0.0949. The number of H-pyrrole nitrogens is 1. The number of hydrogen-bond donors (Lipinski definition) is 3. The lowest BCUT2D eigenvalue weighted by atomic mass is 10.4. The van der Waals surface area contributed by atoms with Crippen molar-refractivity contribution in [3.8, 4) is 0 Å². The van der Waals surface area contributed by atoms with Crippen LogP contribution in [0.4, 0.5) is 0 Å². The zero-order chi connectivity index (χ0) is 14.7. The fraction of sp³-hybridized carbons (Fsp3) is 0.444. The number of amides is 1. The van der Waals surface area contributed by atoms with Gasteiger partial charge in [0.05, 0.1) is 10.6 Å². The lowest BCUT2D eigenvalue weighted by Gasteiger charge is -2.02. The molecule has 0 bridgehead atoms. The second-order valence-electron chi connectivity index (χ2n) is 4.03. The van der Waals surface area contributed by atoms with Gasteiger partial charge in [-0.15, -0.1) is 0 Å². The molecule has 1 rings (SSSR count). The summed E-state index contributed by atoms with van der Waals surface area (Å²) in [5, 5.41) is 7.36. The minimum Gasteiger partial charge on any atom is -0.356 e. The molecule has 0 saturated heterocycles. The van der Waals surface area contributed by atoms with E-state index in [2.05, 4.69) is 10.3 Å². The van der Waals surface area contributed by atoms with E-state index in [-0.39, 0.29) is 29.3 Å². The molecule has 0 spiro atoms. The minimum atomic E-state index is -3.85. The Morgan fingerprint density at radius 1 is 1.37 bits per heavy atom. The van der Waals surface area contributed by atoms with Gasteiger partial charge in [-0.1, -0.05) is 0 Å². The van der Waals surface area contributed by atoms with Crippen molar-refractivity contribution < 1.29 is 21.6 Å². The molecule has 1 aromatic rings. The van der Waals surface area contributed by atoms with Crippen molar-refractivity contribution in [1.82, 2.24) is 10.3 Å². The fourth-order valence-corrected chi connectivity index (χ4v) is 2.48. The fourth-order valence-electron chi connectivity index (χ4n) is 1.30. The molecule has 0 fully saturated rings. The van der Waals surface area contributed by atoms with E-state index in [9.17, 15) is 21.6 Å². The summed E-state index contributed by atoms with van der Waals surface area (Å²) in [7, 11) is -6.91. The average Bonchev–Trinajstić information content (AvgIpc) is 2.71. The van der Waals surface area contributed by atoms with Crippen LogP contribution in [-0.2, 0) is 19.9 Å². The minimum absolute atomic E-state index is 0.0273. The second-order valence-corrected chi connectivity index (χ2v) is 7.85. The van der Waals surface area contributed by atoms with Crippen LogP contribution in [0.1, 0.15) is 16.9 Å². The maximum atomic E-state index is 11.6. The van der Waals surface area contributed by atoms with Crippen molar-refractivity contribution in [2.45, 2.75) is 11.3 Å². The normalized spacial score (nSPS) is 12.3. The van der Waals surface area contributed by atoms with Crippen LogP contribution in [0.15, 0.2) is 17.2 Å². The van der Waals surface area contributed by atoms with Gasteiger partial charge in [0, 0.05) is 19.0 Å². The highest BCUT2D eigenvalue weighted by atomic mass is 32.2. The molecule has 0 saturated carbocycles. The van der Waals surface area contributed by atoms with Gasteiger partial charge in [0.15, 0.2) is 0 Å². The first-order chi connectivity index (χ1) is 8.59. The molecule has 1 aromatic heterocycles. The van der Waals surface area contributed by atoms with Crippen molar-refractivity contribution >= 4 is 25.8 Å². The number of carbonyl (C=O) groups is 1. The topological polar surface area (TPSA) is 139 Å². The molecule has 10 heteroatoms. The van der Waals surface area contributed by atoms with Crippen molar-refractivity contribution in [3.05, 3.63) is 18.0 Å². The molecular weight excluding hydrogens is 294 g/mol. The smallest absolute Gasteiger partial charge is 0.267 e. The maximum absolute atomic E-state index is 11.6. The van der Waals surface area contributed by atoms with Gasteiger partial charge in [-0.05, 0) is 12.5 Å². The largest absolute Gasteiger partial charge is 0.356 e. The molecule has 0 aliphatic carbocycles. The third-order valence-corrected chi connectivity index (χ3v) is 4.13. The highest BCUT2D eigenvalue weighted by Crippen LogP contribution is 2.08. The van der Waals surface area contributed by atoms with E-state index in [1.165, 1.54) is 0 Å². The molecule has 0 atom stereocenters. The van der Waals surface area contributed by atoms with Crippen molar-refractivity contribution in [1.29, 1.82) is 0 Å². The van der Waals surface area contributed by atoms with Crippen LogP contribution in [0.25, 0.3) is 0 Å². The van der Waals surface area contributed by atoms with Crippen molar-refractivity contribution in [2.75, 3.05) is 18.6 Å². The number of aromatic nitrogens is 1. The van der Waals surface area contributed by atoms with Gasteiger partial charge < -0.3 is 10.3 Å². The van der Waals surface area contributed by atoms with Crippen LogP contribution in [0.5, 0.6) is 0 Å². The van der Waals surface area contributed by atoms with Crippen LogP contribution in [-0.4, -0.2) is 46.3 Å². The molecule has 1 heterocycles. The number of nitrogens with two attached hydrogens (primary N) is 1. The first-order valence-corrected chi connectivity index (χ1v) is 8.87. The molecule has 1 amide bonds. The predicted octanol–water partition coefficient (Wildman–Crippen LogP) is -1.17. The van der Waals surface area contributed by atoms with Gasteiger partial charge in [-0.2, -0.15) is 0 Å². The van der Waals surface area contributed by atoms with Crippen LogP contribution in [0.3, 0.4) is 0 Å². The number of primary sulfonamides is 1. The second kappa shape index (κ2) is 5.72. The SMILES string of the molecule is CS(=O)(=O)CCCNC(=O)c1cc(S(N)(=O)=O)c[nH]1. The van der Waals surface area contributed by atoms with Crippen LogP contribution in [0, 0.1) is 0 Å². The van der Waals surface area contributed by atoms with E-state index in [4.69, 9.17) is 5.14 Å². The summed E-state index contributed by atoms with van der Waals surface area (Å²) in [6.45, 7) is 0.176. The van der Waals surface area contributed by atoms with Gasteiger partial charge in [-0.3, -0.25) is 4.79 Å². The van der Waals surface area contributed by atoms with E-state index in [1.54, 1.807) is 0 Å². The molecule has 0 unspecified atom stereocenters.